The average molecular weight is 301 g/mol. The molecule has 0 unspecified atom stereocenters. The maximum atomic E-state index is 13.5. The summed E-state index contributed by atoms with van der Waals surface area (Å²) in [7, 11) is 0. The van der Waals surface area contributed by atoms with E-state index in [0.29, 0.717) is 10.6 Å². The number of hydrogen-bond acceptors (Lipinski definition) is 4. The van der Waals surface area contributed by atoms with Crippen molar-refractivity contribution in [2.75, 3.05) is 5.32 Å². The quantitative estimate of drug-likeness (QED) is 0.866. The Morgan fingerprint density at radius 3 is 3.00 bits per heavy atom. The molecule has 0 saturated heterocycles. The van der Waals surface area contributed by atoms with Gasteiger partial charge in [-0.2, -0.15) is 9.65 Å². The van der Waals surface area contributed by atoms with E-state index in [1.54, 1.807) is 0 Å². The number of anilines is 1. The Morgan fingerprint density at radius 1 is 1.43 bits per heavy atom. The fourth-order valence-electron chi connectivity index (χ4n) is 2.50. The highest BCUT2D eigenvalue weighted by Crippen LogP contribution is 2.37. The highest BCUT2D eigenvalue weighted by molar-refractivity contribution is 7.16. The number of hydrogen-bond donors (Lipinski definition) is 1. The van der Waals surface area contributed by atoms with Crippen LogP contribution >= 0.6 is 11.3 Å². The third-order valence-electron chi connectivity index (χ3n) is 3.51. The normalized spacial score (nSPS) is 13.3. The molecular weight excluding hydrogens is 289 g/mol. The molecule has 0 atom stereocenters. The molecule has 2 aromatic heterocycles. The fraction of sp³-hybridized carbons (Fsp3) is 0.267. The van der Waals surface area contributed by atoms with Crippen LogP contribution in [0.5, 0.6) is 0 Å². The lowest BCUT2D eigenvalue weighted by molar-refractivity contribution is 0.102. The third kappa shape index (κ3) is 2.52. The van der Waals surface area contributed by atoms with Crippen LogP contribution in [-0.2, 0) is 12.8 Å². The SMILES string of the molecule is N#Cc1c(NC(=O)c2cccnc2F)sc2c1CCCC2. The van der Waals surface area contributed by atoms with Crippen molar-refractivity contribution in [2.24, 2.45) is 0 Å². The van der Waals surface area contributed by atoms with Gasteiger partial charge >= 0.3 is 0 Å². The van der Waals surface area contributed by atoms with Crippen LogP contribution in [-0.4, -0.2) is 10.9 Å². The summed E-state index contributed by atoms with van der Waals surface area (Å²) in [6.07, 6.45) is 5.25. The summed E-state index contributed by atoms with van der Waals surface area (Å²) in [4.78, 5) is 16.7. The molecular formula is C15H12FN3OS. The standard InChI is InChI=1S/C15H12FN3OS/c16-13-10(5-3-7-18-13)14(20)19-15-11(8-17)9-4-1-2-6-12(9)21-15/h3,5,7H,1-2,4,6H2,(H,19,20). The Hall–Kier alpha value is -2.26. The van der Waals surface area contributed by atoms with E-state index >= 15 is 0 Å². The van der Waals surface area contributed by atoms with Crippen molar-refractivity contribution in [2.45, 2.75) is 25.7 Å². The van der Waals surface area contributed by atoms with Gasteiger partial charge in [-0.15, -0.1) is 11.3 Å². The Bertz CT molecular complexity index is 748. The molecule has 6 heteroatoms. The highest BCUT2D eigenvalue weighted by Gasteiger charge is 2.22. The van der Waals surface area contributed by atoms with Gasteiger partial charge in [0.15, 0.2) is 0 Å². The van der Waals surface area contributed by atoms with Crippen LogP contribution in [0.2, 0.25) is 0 Å². The molecule has 2 aromatic rings. The first-order valence-electron chi connectivity index (χ1n) is 6.67. The van der Waals surface area contributed by atoms with Crippen LogP contribution in [0.25, 0.3) is 0 Å². The number of aromatic nitrogens is 1. The molecule has 1 amide bonds. The molecule has 3 rings (SSSR count). The predicted octanol–water partition coefficient (Wildman–Crippen LogP) is 3.28. The van der Waals surface area contributed by atoms with Crippen LogP contribution in [0.3, 0.4) is 0 Å². The molecule has 0 aliphatic heterocycles. The second-order valence-electron chi connectivity index (χ2n) is 4.82. The smallest absolute Gasteiger partial charge is 0.260 e. The largest absolute Gasteiger partial charge is 0.312 e. The summed E-state index contributed by atoms with van der Waals surface area (Å²) >= 11 is 1.42. The third-order valence-corrected chi connectivity index (χ3v) is 4.72. The minimum Gasteiger partial charge on any atom is -0.312 e. The van der Waals surface area contributed by atoms with Gasteiger partial charge in [-0.3, -0.25) is 4.79 Å². The Morgan fingerprint density at radius 2 is 2.24 bits per heavy atom. The number of nitrogens with zero attached hydrogens (tertiary/aromatic N) is 2. The Labute approximate surface area is 125 Å². The number of carbonyl (C=O) groups is 1. The van der Waals surface area contributed by atoms with E-state index in [2.05, 4.69) is 16.4 Å². The van der Waals surface area contributed by atoms with Crippen LogP contribution in [0.1, 0.15) is 39.2 Å². The summed E-state index contributed by atoms with van der Waals surface area (Å²) in [6, 6.07) is 5.04. The zero-order valence-corrected chi connectivity index (χ0v) is 12.0. The van der Waals surface area contributed by atoms with E-state index in [9.17, 15) is 14.4 Å². The Kier molecular flexibility index (Phi) is 3.67. The molecule has 0 fully saturated rings. The number of nitrogens with one attached hydrogen (secondary N) is 1. The van der Waals surface area contributed by atoms with E-state index in [0.717, 1.165) is 36.1 Å². The van der Waals surface area contributed by atoms with E-state index in [1.165, 1.54) is 29.7 Å². The van der Waals surface area contributed by atoms with Gasteiger partial charge < -0.3 is 5.32 Å². The second-order valence-corrected chi connectivity index (χ2v) is 5.93. The van der Waals surface area contributed by atoms with Gasteiger partial charge in [0.05, 0.1) is 11.1 Å². The van der Waals surface area contributed by atoms with E-state index < -0.39 is 11.9 Å². The molecule has 21 heavy (non-hydrogen) atoms. The number of thiophene rings is 1. The molecule has 2 heterocycles. The number of pyridine rings is 1. The van der Waals surface area contributed by atoms with E-state index in [4.69, 9.17) is 0 Å². The molecule has 0 radical (unpaired) electrons. The molecule has 0 saturated carbocycles. The minimum absolute atomic E-state index is 0.118. The minimum atomic E-state index is -0.810. The first-order chi connectivity index (χ1) is 10.2. The number of aryl methyl sites for hydroxylation is 1. The summed E-state index contributed by atoms with van der Waals surface area (Å²) in [5, 5.41) is 12.5. The van der Waals surface area contributed by atoms with Crippen LogP contribution < -0.4 is 5.32 Å². The zero-order chi connectivity index (χ0) is 14.8. The van der Waals surface area contributed by atoms with Gasteiger partial charge in [-0.1, -0.05) is 0 Å². The topological polar surface area (TPSA) is 65.8 Å². The van der Waals surface area contributed by atoms with Gasteiger partial charge in [0.1, 0.15) is 11.1 Å². The van der Waals surface area contributed by atoms with E-state index in [1.807, 2.05) is 0 Å². The number of nitriles is 1. The van der Waals surface area contributed by atoms with Gasteiger partial charge in [-0.05, 0) is 43.4 Å². The van der Waals surface area contributed by atoms with Crippen molar-refractivity contribution >= 4 is 22.2 Å². The highest BCUT2D eigenvalue weighted by atomic mass is 32.1. The van der Waals surface area contributed by atoms with Gasteiger partial charge in [0.25, 0.3) is 5.91 Å². The molecule has 1 N–H and O–H groups in total. The second kappa shape index (κ2) is 5.62. The van der Waals surface area contributed by atoms with Crippen molar-refractivity contribution < 1.29 is 9.18 Å². The lowest BCUT2D eigenvalue weighted by atomic mass is 9.96. The van der Waals surface area contributed by atoms with Crippen LogP contribution in [0.4, 0.5) is 9.39 Å². The van der Waals surface area contributed by atoms with Crippen molar-refractivity contribution in [1.29, 1.82) is 5.26 Å². The van der Waals surface area contributed by atoms with Crippen LogP contribution in [0, 0.1) is 17.3 Å². The maximum Gasteiger partial charge on any atom is 0.260 e. The molecule has 1 aliphatic carbocycles. The van der Waals surface area contributed by atoms with Crippen molar-refractivity contribution in [3.63, 3.8) is 0 Å². The number of rotatable bonds is 2. The zero-order valence-electron chi connectivity index (χ0n) is 11.1. The van der Waals surface area contributed by atoms with Crippen LogP contribution in [0.15, 0.2) is 18.3 Å². The molecule has 106 valence electrons. The molecule has 0 bridgehead atoms. The van der Waals surface area contributed by atoms with Crippen molar-refractivity contribution in [3.05, 3.63) is 45.8 Å². The summed E-state index contributed by atoms with van der Waals surface area (Å²) in [6.45, 7) is 0. The first kappa shape index (κ1) is 13.7. The molecule has 1 aliphatic rings. The summed E-state index contributed by atoms with van der Waals surface area (Å²) in [5.74, 6) is -1.38. The van der Waals surface area contributed by atoms with Gasteiger partial charge in [-0.25, -0.2) is 4.98 Å². The monoisotopic (exact) mass is 301 g/mol. The van der Waals surface area contributed by atoms with Gasteiger partial charge in [0.2, 0.25) is 5.95 Å². The average Bonchev–Trinajstić information content (AvgIpc) is 2.84. The lowest BCUT2D eigenvalue weighted by Gasteiger charge is -2.09. The van der Waals surface area contributed by atoms with Gasteiger partial charge in [0, 0.05) is 11.1 Å². The lowest BCUT2D eigenvalue weighted by Crippen LogP contribution is -2.14. The number of carbonyl (C=O) groups excluding carboxylic acids is 1. The molecule has 0 aromatic carbocycles. The van der Waals surface area contributed by atoms with Crippen molar-refractivity contribution in [3.8, 4) is 6.07 Å². The van der Waals surface area contributed by atoms with Crippen molar-refractivity contribution in [1.82, 2.24) is 4.98 Å². The molecule has 4 nitrogen and oxygen atoms in total. The number of fused-ring (bicyclic) bond motifs is 1. The first-order valence-corrected chi connectivity index (χ1v) is 7.49. The molecule has 0 spiro atoms. The Balaban J connectivity index is 1.92. The predicted molar refractivity (Wildman–Crippen MR) is 77.8 cm³/mol. The summed E-state index contributed by atoms with van der Waals surface area (Å²) < 4.78 is 13.5. The number of amides is 1. The summed E-state index contributed by atoms with van der Waals surface area (Å²) in [5.41, 5.74) is 1.44. The maximum absolute atomic E-state index is 13.5. The van der Waals surface area contributed by atoms with E-state index in [-0.39, 0.29) is 5.56 Å². The number of halogens is 1. The fourth-order valence-corrected chi connectivity index (χ4v) is 3.73.